The average Bonchev–Trinajstić information content (AvgIpc) is 2.15. The Hall–Kier alpha value is -0.670. The van der Waals surface area contributed by atoms with E-state index >= 15 is 0 Å². The van der Waals surface area contributed by atoms with Gasteiger partial charge in [-0.3, -0.25) is 0 Å². The minimum Gasteiger partial charge on any atom is -0.306 e. The molecule has 0 aliphatic carbocycles. The largest absolute Gasteiger partial charge is 0.306 e. The lowest BCUT2D eigenvalue weighted by molar-refractivity contribution is 0.457. The van der Waals surface area contributed by atoms with Gasteiger partial charge in [-0.1, -0.05) is 34.1 Å². The second-order valence-electron chi connectivity index (χ2n) is 3.32. The summed E-state index contributed by atoms with van der Waals surface area (Å²) in [6, 6.07) is 6.43. The number of hydrogen-bond acceptors (Lipinski definition) is 1. The molecule has 1 rings (SSSR count). The summed E-state index contributed by atoms with van der Waals surface area (Å²) in [6.45, 7) is 0.859. The summed E-state index contributed by atoms with van der Waals surface area (Å²) in [5, 5.41) is 0. The van der Waals surface area contributed by atoms with Crippen molar-refractivity contribution >= 4 is 20.4 Å². The molecule has 0 heterocycles. The third-order valence-corrected chi connectivity index (χ3v) is 2.54. The smallest absolute Gasteiger partial charge is 0.123 e. The van der Waals surface area contributed by atoms with E-state index in [9.17, 15) is 4.39 Å². The molecule has 0 aliphatic rings. The van der Waals surface area contributed by atoms with E-state index in [0.29, 0.717) is 0 Å². The minimum absolute atomic E-state index is 0.207. The van der Waals surface area contributed by atoms with Crippen LogP contribution in [0.2, 0.25) is 0 Å². The molecule has 0 atom stereocenters. The van der Waals surface area contributed by atoms with Crippen molar-refractivity contribution in [1.82, 2.24) is 4.90 Å². The van der Waals surface area contributed by atoms with Crippen LogP contribution in [0.5, 0.6) is 0 Å². The summed E-state index contributed by atoms with van der Waals surface area (Å²) in [4.78, 5) is 2.06. The van der Waals surface area contributed by atoms with Gasteiger partial charge in [0.25, 0.3) is 0 Å². The zero-order chi connectivity index (χ0) is 10.6. The molecule has 0 saturated heterocycles. The number of rotatable bonds is 3. The van der Waals surface area contributed by atoms with Gasteiger partial charge in [0.1, 0.15) is 5.82 Å². The van der Waals surface area contributed by atoms with Crippen molar-refractivity contribution in [3.63, 3.8) is 0 Å². The number of nitrogens with zero attached hydrogens (tertiary/aromatic N) is 1. The first-order valence-electron chi connectivity index (χ1n) is 4.36. The zero-order valence-corrected chi connectivity index (χ0v) is 9.88. The van der Waals surface area contributed by atoms with Gasteiger partial charge in [0.15, 0.2) is 0 Å². The molecule has 0 bridgehead atoms. The van der Waals surface area contributed by atoms with Crippen LogP contribution in [0.4, 0.5) is 4.39 Å². The predicted octanol–water partition coefficient (Wildman–Crippen LogP) is 3.12. The lowest BCUT2D eigenvalue weighted by Crippen LogP contribution is -2.10. The second-order valence-corrected chi connectivity index (χ2v) is 4.18. The topological polar surface area (TPSA) is 3.24 Å². The summed E-state index contributed by atoms with van der Waals surface area (Å²) in [5.41, 5.74) is 0.994. The molecule has 0 aromatic heterocycles. The van der Waals surface area contributed by atoms with Crippen molar-refractivity contribution < 1.29 is 4.39 Å². The fourth-order valence-corrected chi connectivity index (χ4v) is 1.40. The maximum atomic E-state index is 12.6. The molecule has 0 unspecified atom stereocenters. The first kappa shape index (κ1) is 11.4. The van der Waals surface area contributed by atoms with Crippen molar-refractivity contribution in [2.45, 2.75) is 0 Å². The summed E-state index contributed by atoms with van der Waals surface area (Å²) in [6.07, 6.45) is 2.05. The Labute approximate surface area is 92.4 Å². The van der Waals surface area contributed by atoms with Crippen LogP contribution < -0.4 is 0 Å². The first-order valence-corrected chi connectivity index (χ1v) is 5.15. The van der Waals surface area contributed by atoms with Crippen LogP contribution in [-0.2, 0) is 0 Å². The highest BCUT2D eigenvalue weighted by atomic mass is 79.9. The Bertz CT molecular complexity index is 317. The normalized spacial score (nSPS) is 12.2. The van der Waals surface area contributed by atoms with Crippen molar-refractivity contribution in [3.8, 4) is 0 Å². The van der Waals surface area contributed by atoms with Gasteiger partial charge in [-0.05, 0) is 31.8 Å². The molecule has 0 saturated carbocycles. The van der Waals surface area contributed by atoms with E-state index in [2.05, 4.69) is 20.8 Å². The lowest BCUT2D eigenvalue weighted by Gasteiger charge is -2.06. The summed E-state index contributed by atoms with van der Waals surface area (Å²) in [7, 11) is 4.00. The van der Waals surface area contributed by atoms with Gasteiger partial charge in [0, 0.05) is 11.0 Å². The van der Waals surface area contributed by atoms with Crippen molar-refractivity contribution in [2.24, 2.45) is 0 Å². The molecule has 0 fully saturated rings. The molecule has 76 valence electrons. The van der Waals surface area contributed by atoms with Gasteiger partial charge in [-0.15, -0.1) is 0 Å². The molecule has 1 aromatic rings. The quantitative estimate of drug-likeness (QED) is 0.805. The van der Waals surface area contributed by atoms with E-state index < -0.39 is 0 Å². The van der Waals surface area contributed by atoms with E-state index in [-0.39, 0.29) is 5.82 Å². The molecule has 0 aliphatic heterocycles. The molecular formula is C11H13BrFN. The van der Waals surface area contributed by atoms with Gasteiger partial charge < -0.3 is 4.90 Å². The predicted molar refractivity (Wildman–Crippen MR) is 61.9 cm³/mol. The van der Waals surface area contributed by atoms with Crippen LogP contribution in [0.1, 0.15) is 5.56 Å². The zero-order valence-electron chi connectivity index (χ0n) is 8.30. The molecule has 14 heavy (non-hydrogen) atoms. The van der Waals surface area contributed by atoms with Crippen molar-refractivity contribution in [1.29, 1.82) is 0 Å². The Morgan fingerprint density at radius 1 is 1.36 bits per heavy atom. The maximum absolute atomic E-state index is 12.6. The van der Waals surface area contributed by atoms with E-state index in [4.69, 9.17) is 0 Å². The molecule has 3 heteroatoms. The van der Waals surface area contributed by atoms with E-state index in [1.807, 2.05) is 20.2 Å². The lowest BCUT2D eigenvalue weighted by atomic mass is 10.2. The molecular weight excluding hydrogens is 245 g/mol. The van der Waals surface area contributed by atoms with Gasteiger partial charge in [-0.25, -0.2) is 4.39 Å². The molecule has 0 N–H and O–H groups in total. The summed E-state index contributed by atoms with van der Waals surface area (Å²) < 4.78 is 13.6. The first-order chi connectivity index (χ1) is 6.59. The van der Waals surface area contributed by atoms with Crippen molar-refractivity contribution in [2.75, 3.05) is 20.6 Å². The number of benzene rings is 1. The SMILES string of the molecule is CN(C)CC=C(Br)c1ccc(F)cc1. The van der Waals surface area contributed by atoms with Gasteiger partial charge >= 0.3 is 0 Å². The highest BCUT2D eigenvalue weighted by molar-refractivity contribution is 9.15. The van der Waals surface area contributed by atoms with Crippen LogP contribution in [0, 0.1) is 5.82 Å². The fourth-order valence-electron chi connectivity index (χ4n) is 0.990. The average molecular weight is 258 g/mol. The Kier molecular flexibility index (Phi) is 4.29. The summed E-state index contributed by atoms with van der Waals surface area (Å²) in [5.74, 6) is -0.207. The van der Waals surface area contributed by atoms with Crippen LogP contribution >= 0.6 is 15.9 Å². The van der Waals surface area contributed by atoms with Crippen LogP contribution in [0.25, 0.3) is 4.48 Å². The van der Waals surface area contributed by atoms with Crippen molar-refractivity contribution in [3.05, 3.63) is 41.7 Å². The van der Waals surface area contributed by atoms with Crippen LogP contribution in [0.15, 0.2) is 30.3 Å². The Balaban J connectivity index is 2.73. The highest BCUT2D eigenvalue weighted by Gasteiger charge is 1.97. The number of halogens is 2. The van der Waals surface area contributed by atoms with Gasteiger partial charge in [0.2, 0.25) is 0 Å². The third-order valence-electron chi connectivity index (χ3n) is 1.76. The van der Waals surface area contributed by atoms with E-state index in [0.717, 1.165) is 16.6 Å². The minimum atomic E-state index is -0.207. The maximum Gasteiger partial charge on any atom is 0.123 e. The second kappa shape index (κ2) is 5.27. The van der Waals surface area contributed by atoms with Gasteiger partial charge in [0.05, 0.1) is 0 Å². The standard InChI is InChI=1S/C11H13BrFN/c1-14(2)8-7-11(12)9-3-5-10(13)6-4-9/h3-7H,8H2,1-2H3. The number of hydrogen-bond donors (Lipinski definition) is 0. The molecule has 1 nitrogen and oxygen atoms in total. The molecule has 0 amide bonds. The Morgan fingerprint density at radius 3 is 2.43 bits per heavy atom. The fraction of sp³-hybridized carbons (Fsp3) is 0.273. The third kappa shape index (κ3) is 3.60. The number of likely N-dealkylation sites (N-methyl/N-ethyl adjacent to an activating group) is 1. The van der Waals surface area contributed by atoms with Crippen LogP contribution in [0.3, 0.4) is 0 Å². The molecule has 0 radical (unpaired) electrons. The summed E-state index contributed by atoms with van der Waals surface area (Å²) >= 11 is 3.45. The molecule has 0 spiro atoms. The van der Waals surface area contributed by atoms with Gasteiger partial charge in [-0.2, -0.15) is 0 Å². The van der Waals surface area contributed by atoms with E-state index in [1.165, 1.54) is 12.1 Å². The molecule has 1 aromatic carbocycles. The van der Waals surface area contributed by atoms with E-state index in [1.54, 1.807) is 12.1 Å². The highest BCUT2D eigenvalue weighted by Crippen LogP contribution is 2.20. The Morgan fingerprint density at radius 2 is 1.93 bits per heavy atom. The van der Waals surface area contributed by atoms with Crippen LogP contribution in [-0.4, -0.2) is 25.5 Å². The monoisotopic (exact) mass is 257 g/mol.